The number of carbonyl (C=O) groups is 3. The Bertz CT molecular complexity index is 1750. The smallest absolute Gasteiger partial charge is 0.407 e. The van der Waals surface area contributed by atoms with E-state index in [2.05, 4.69) is 42.9 Å². The average Bonchev–Trinajstić information content (AvgIpc) is 3.77. The zero-order chi connectivity index (χ0) is 36.8. The van der Waals surface area contributed by atoms with Crippen LogP contribution in [0.15, 0.2) is 58.1 Å². The van der Waals surface area contributed by atoms with Crippen molar-refractivity contribution in [1.29, 1.82) is 0 Å². The highest BCUT2D eigenvalue weighted by molar-refractivity contribution is 8.18. The highest BCUT2D eigenvalue weighted by atomic mass is 35.5. The maximum Gasteiger partial charge on any atom is 0.407 e. The van der Waals surface area contributed by atoms with E-state index in [1.165, 1.54) is 11.8 Å². The van der Waals surface area contributed by atoms with Gasteiger partial charge < -0.3 is 29.7 Å². The van der Waals surface area contributed by atoms with Crippen LogP contribution in [0.5, 0.6) is 0 Å². The zero-order valence-corrected chi connectivity index (χ0v) is 32.8. The number of hydrogen-bond donors (Lipinski definition) is 1. The van der Waals surface area contributed by atoms with E-state index in [1.54, 1.807) is 4.90 Å². The number of thioether (sulfide) groups is 1. The molecule has 13 heteroatoms. The molecule has 0 spiro atoms. The predicted molar refractivity (Wildman–Crippen MR) is 204 cm³/mol. The molecule has 51 heavy (non-hydrogen) atoms. The molecule has 3 atom stereocenters. The largest absolute Gasteiger partial charge is 0.444 e. The summed E-state index contributed by atoms with van der Waals surface area (Å²) in [5.41, 5.74) is 2.09. The third-order valence-electron chi connectivity index (χ3n) is 10.0. The van der Waals surface area contributed by atoms with Gasteiger partial charge >= 0.3 is 6.09 Å². The number of fused-ring (bicyclic) bond motifs is 1. The average molecular weight is 756 g/mol. The number of hydrogen-bond acceptors (Lipinski definition) is 8. The summed E-state index contributed by atoms with van der Waals surface area (Å²) in [5, 5.41) is 4.70. The second-order valence-corrected chi connectivity index (χ2v) is 17.1. The molecule has 3 amide bonds. The van der Waals surface area contributed by atoms with Gasteiger partial charge in [0.2, 0.25) is 5.91 Å². The molecule has 0 aromatic heterocycles. The second kappa shape index (κ2) is 14.6. The minimum Gasteiger partial charge on any atom is -0.444 e. The Kier molecular flexibility index (Phi) is 10.8. The minimum absolute atomic E-state index is 0.0190. The molecule has 1 N–H and O–H groups in total. The number of ether oxygens (including phenoxy) is 1. The van der Waals surface area contributed by atoms with Crippen molar-refractivity contribution in [2.45, 2.75) is 84.2 Å². The van der Waals surface area contributed by atoms with E-state index in [9.17, 15) is 14.4 Å². The second-order valence-electron chi connectivity index (χ2n) is 15.3. The molecule has 0 radical (unpaired) electrons. The molecule has 0 aliphatic carbocycles. The van der Waals surface area contributed by atoms with Crippen LogP contribution >= 0.6 is 35.0 Å². The van der Waals surface area contributed by atoms with Gasteiger partial charge in [-0.15, -0.1) is 0 Å². The summed E-state index contributed by atoms with van der Waals surface area (Å²) in [5.74, 6) is -0.0772. The molecule has 2 aromatic rings. The summed E-state index contributed by atoms with van der Waals surface area (Å²) in [6.45, 7) is 15.5. The number of piperazine rings is 1. The number of halogens is 2. The first-order valence-corrected chi connectivity index (χ1v) is 19.2. The van der Waals surface area contributed by atoms with Crippen molar-refractivity contribution in [3.63, 3.8) is 0 Å². The summed E-state index contributed by atoms with van der Waals surface area (Å²) in [6, 6.07) is 12.8. The lowest BCUT2D eigenvalue weighted by Gasteiger charge is -2.37. The van der Waals surface area contributed by atoms with Gasteiger partial charge in [-0.2, -0.15) is 0 Å². The van der Waals surface area contributed by atoms with Crippen LogP contribution < -0.4 is 5.32 Å². The molecular formula is C38H48Cl2N6O4S. The molecule has 10 nitrogen and oxygen atoms in total. The Morgan fingerprint density at radius 2 is 1.73 bits per heavy atom. The topological polar surface area (TPSA) is 97.8 Å². The van der Waals surface area contributed by atoms with Gasteiger partial charge in [-0.05, 0) is 100 Å². The van der Waals surface area contributed by atoms with Gasteiger partial charge in [0.05, 0.1) is 6.04 Å². The van der Waals surface area contributed by atoms with Crippen molar-refractivity contribution < 1.29 is 19.1 Å². The molecule has 2 aromatic carbocycles. The highest BCUT2D eigenvalue weighted by Gasteiger charge is 2.54. The number of amides is 3. The number of allylic oxidation sites excluding steroid dienone is 1. The molecule has 4 heterocycles. The highest BCUT2D eigenvalue weighted by Crippen LogP contribution is 2.56. The Morgan fingerprint density at radius 3 is 2.37 bits per heavy atom. The lowest BCUT2D eigenvalue weighted by molar-refractivity contribution is -0.143. The summed E-state index contributed by atoms with van der Waals surface area (Å²) in [4.78, 5) is 55.0. The van der Waals surface area contributed by atoms with E-state index in [0.29, 0.717) is 41.0 Å². The van der Waals surface area contributed by atoms with Crippen molar-refractivity contribution in [2.75, 3.05) is 39.8 Å². The SMILES string of the molecule is CC(C)C1=C(C(=O)N2CCC[C@H]2C(=O)N2CCN(C)CC2)SC2=N[C@@](C)(c3ccc(Cl)c(CNC(=O)OC(C)(C)C)c3)[C@@H](c3ccc(Cl)cc3)N21. The number of likely N-dealkylation sites (N-methyl/N-ethyl adjacent to an activating group) is 1. The van der Waals surface area contributed by atoms with Crippen molar-refractivity contribution >= 4 is 58.0 Å². The van der Waals surface area contributed by atoms with Crippen molar-refractivity contribution in [1.82, 2.24) is 24.9 Å². The Labute approximate surface area is 315 Å². The minimum atomic E-state index is -0.802. The predicted octanol–water partition coefficient (Wildman–Crippen LogP) is 7.03. The monoisotopic (exact) mass is 754 g/mol. The van der Waals surface area contributed by atoms with Crippen LogP contribution in [-0.4, -0.2) is 94.1 Å². The van der Waals surface area contributed by atoms with Crippen LogP contribution in [-0.2, 0) is 26.4 Å². The number of nitrogens with one attached hydrogen (secondary N) is 1. The van der Waals surface area contributed by atoms with Crippen molar-refractivity contribution in [2.24, 2.45) is 10.9 Å². The Morgan fingerprint density at radius 1 is 1.04 bits per heavy atom. The number of amidine groups is 1. The molecule has 6 rings (SSSR count). The maximum absolute atomic E-state index is 14.6. The summed E-state index contributed by atoms with van der Waals surface area (Å²) in [7, 11) is 2.07. The van der Waals surface area contributed by atoms with E-state index in [-0.39, 0.29) is 30.3 Å². The lowest BCUT2D eigenvalue weighted by atomic mass is 9.80. The quantitative estimate of drug-likeness (QED) is 0.325. The molecule has 2 fully saturated rings. The number of benzene rings is 2. The van der Waals surface area contributed by atoms with Gasteiger partial charge in [-0.3, -0.25) is 9.59 Å². The van der Waals surface area contributed by atoms with Gasteiger partial charge in [0.15, 0.2) is 5.17 Å². The summed E-state index contributed by atoms with van der Waals surface area (Å²) in [6.07, 6.45) is 0.938. The number of carbonyl (C=O) groups excluding carboxylic acids is 3. The number of rotatable bonds is 7. The Balaban J connectivity index is 1.34. The number of alkyl carbamates (subject to hydrolysis) is 1. The fourth-order valence-electron chi connectivity index (χ4n) is 7.42. The standard InChI is InChI=1S/C38H48Cl2N6O4S/c1-23(2)30-31(34(48)45-16-8-9-29(45)33(47)44-19-17-43(7)18-20-44)51-35-42-38(6,32(46(30)35)24-10-13-27(39)14-11-24)26-12-15-28(40)25(21-26)22-41-36(49)50-37(3,4)5/h10-15,21,23,29,32H,8-9,16-20,22H2,1-7H3,(H,41,49)/t29-,32+,38-/m0/s1. The molecular weight excluding hydrogens is 707 g/mol. The van der Waals surface area contributed by atoms with E-state index in [1.807, 2.05) is 68.1 Å². The van der Waals surface area contributed by atoms with Gasteiger partial charge in [0, 0.05) is 55.0 Å². The Hall–Kier alpha value is -3.25. The maximum atomic E-state index is 14.6. The van der Waals surface area contributed by atoms with Crippen LogP contribution in [0, 0.1) is 5.92 Å². The van der Waals surface area contributed by atoms with Gasteiger partial charge in [-0.25, -0.2) is 9.79 Å². The van der Waals surface area contributed by atoms with Crippen LogP contribution in [0.4, 0.5) is 4.79 Å². The molecule has 4 aliphatic rings. The molecule has 0 saturated carbocycles. The molecule has 0 unspecified atom stereocenters. The van der Waals surface area contributed by atoms with Crippen molar-refractivity contribution in [3.8, 4) is 0 Å². The molecule has 2 saturated heterocycles. The molecule has 0 bridgehead atoms. The normalized spacial score (nSPS) is 24.0. The van der Waals surface area contributed by atoms with E-state index >= 15 is 0 Å². The van der Waals surface area contributed by atoms with Crippen LogP contribution in [0.25, 0.3) is 0 Å². The summed E-state index contributed by atoms with van der Waals surface area (Å²) >= 11 is 14.4. The fourth-order valence-corrected chi connectivity index (χ4v) is 9.09. The van der Waals surface area contributed by atoms with Crippen LogP contribution in [0.3, 0.4) is 0 Å². The summed E-state index contributed by atoms with van der Waals surface area (Å²) < 4.78 is 5.44. The third-order valence-corrected chi connectivity index (χ3v) is 11.7. The first-order valence-electron chi connectivity index (χ1n) is 17.7. The van der Waals surface area contributed by atoms with Crippen LogP contribution in [0.1, 0.15) is 77.1 Å². The van der Waals surface area contributed by atoms with Gasteiger partial charge in [0.1, 0.15) is 22.1 Å². The van der Waals surface area contributed by atoms with E-state index < -0.39 is 23.3 Å². The number of nitrogens with zero attached hydrogens (tertiary/aromatic N) is 5. The molecule has 4 aliphatic heterocycles. The number of aliphatic imine (C=N–C) groups is 1. The van der Waals surface area contributed by atoms with Gasteiger partial charge in [0.25, 0.3) is 5.91 Å². The van der Waals surface area contributed by atoms with Crippen molar-refractivity contribution in [3.05, 3.63) is 79.8 Å². The third kappa shape index (κ3) is 7.63. The first-order chi connectivity index (χ1) is 24.1. The van der Waals surface area contributed by atoms with E-state index in [0.717, 1.165) is 47.1 Å². The number of likely N-dealkylation sites (tertiary alicyclic amines) is 1. The van der Waals surface area contributed by atoms with E-state index in [4.69, 9.17) is 32.9 Å². The first kappa shape index (κ1) is 37.5. The zero-order valence-electron chi connectivity index (χ0n) is 30.5. The lowest BCUT2D eigenvalue weighted by Crippen LogP contribution is -2.53. The fraction of sp³-hybridized carbons (Fsp3) is 0.526. The molecule has 274 valence electrons. The van der Waals surface area contributed by atoms with Gasteiger partial charge in [-0.1, -0.05) is 61.3 Å². The van der Waals surface area contributed by atoms with Crippen LogP contribution in [0.2, 0.25) is 10.0 Å².